The minimum atomic E-state index is 0.172. The molecule has 19 heavy (non-hydrogen) atoms. The molecule has 1 fully saturated rings. The number of likely N-dealkylation sites (tertiary alicyclic amines) is 1. The van der Waals surface area contributed by atoms with E-state index in [-0.39, 0.29) is 5.91 Å². The van der Waals surface area contributed by atoms with Crippen LogP contribution in [0.3, 0.4) is 0 Å². The SMILES string of the molecule is CNc1cc(C)ccc1C(=O)N1CCCCCCC1. The molecule has 1 N–H and O–H groups in total. The Kier molecular flexibility index (Phi) is 4.83. The summed E-state index contributed by atoms with van der Waals surface area (Å²) < 4.78 is 0. The van der Waals surface area contributed by atoms with Crippen LogP contribution in [-0.2, 0) is 0 Å². The van der Waals surface area contributed by atoms with E-state index in [1.54, 1.807) is 0 Å². The van der Waals surface area contributed by atoms with Crippen molar-refractivity contribution in [1.82, 2.24) is 4.90 Å². The largest absolute Gasteiger partial charge is 0.387 e. The molecule has 0 aromatic heterocycles. The first-order valence-electron chi connectivity index (χ1n) is 7.30. The average Bonchev–Trinajstić information content (AvgIpc) is 2.37. The molecule has 1 heterocycles. The summed E-state index contributed by atoms with van der Waals surface area (Å²) >= 11 is 0. The zero-order valence-corrected chi connectivity index (χ0v) is 12.0. The molecule has 1 amide bonds. The Hall–Kier alpha value is -1.51. The van der Waals surface area contributed by atoms with Crippen molar-refractivity contribution < 1.29 is 4.79 Å². The fourth-order valence-corrected chi connectivity index (χ4v) is 2.67. The van der Waals surface area contributed by atoms with Gasteiger partial charge in [0.2, 0.25) is 0 Å². The average molecular weight is 260 g/mol. The van der Waals surface area contributed by atoms with E-state index in [0.29, 0.717) is 0 Å². The molecule has 1 aromatic carbocycles. The number of carbonyl (C=O) groups is 1. The monoisotopic (exact) mass is 260 g/mol. The first-order valence-corrected chi connectivity index (χ1v) is 7.30. The van der Waals surface area contributed by atoms with Gasteiger partial charge in [0.1, 0.15) is 0 Å². The highest BCUT2D eigenvalue weighted by Gasteiger charge is 2.19. The van der Waals surface area contributed by atoms with Gasteiger partial charge >= 0.3 is 0 Å². The molecule has 0 bridgehead atoms. The van der Waals surface area contributed by atoms with Gasteiger partial charge in [0.25, 0.3) is 5.91 Å². The van der Waals surface area contributed by atoms with Gasteiger partial charge in [-0.3, -0.25) is 4.79 Å². The smallest absolute Gasteiger partial charge is 0.255 e. The third kappa shape index (κ3) is 3.49. The van der Waals surface area contributed by atoms with Gasteiger partial charge in [-0.15, -0.1) is 0 Å². The van der Waals surface area contributed by atoms with Gasteiger partial charge in [0, 0.05) is 25.8 Å². The van der Waals surface area contributed by atoms with E-state index >= 15 is 0 Å². The lowest BCUT2D eigenvalue weighted by Gasteiger charge is -2.25. The van der Waals surface area contributed by atoms with Gasteiger partial charge in [0.05, 0.1) is 5.56 Å². The summed E-state index contributed by atoms with van der Waals surface area (Å²) in [5.74, 6) is 0.172. The number of benzene rings is 1. The highest BCUT2D eigenvalue weighted by molar-refractivity contribution is 5.99. The van der Waals surface area contributed by atoms with Gasteiger partial charge in [-0.2, -0.15) is 0 Å². The maximum Gasteiger partial charge on any atom is 0.255 e. The van der Waals surface area contributed by atoms with Crippen LogP contribution in [0.2, 0.25) is 0 Å². The number of nitrogens with one attached hydrogen (secondary N) is 1. The van der Waals surface area contributed by atoms with Gasteiger partial charge in [0.15, 0.2) is 0 Å². The van der Waals surface area contributed by atoms with Crippen LogP contribution in [0.5, 0.6) is 0 Å². The van der Waals surface area contributed by atoms with E-state index in [4.69, 9.17) is 0 Å². The molecule has 104 valence electrons. The molecule has 1 aromatic rings. The zero-order chi connectivity index (χ0) is 13.7. The summed E-state index contributed by atoms with van der Waals surface area (Å²) in [7, 11) is 1.87. The summed E-state index contributed by atoms with van der Waals surface area (Å²) in [5.41, 5.74) is 2.91. The number of nitrogens with zero attached hydrogens (tertiary/aromatic N) is 1. The standard InChI is InChI=1S/C16H24N2O/c1-13-8-9-14(15(12-13)17-2)16(19)18-10-6-4-3-5-7-11-18/h8-9,12,17H,3-7,10-11H2,1-2H3. The van der Waals surface area contributed by atoms with Crippen LogP contribution in [0.1, 0.15) is 48.0 Å². The van der Waals surface area contributed by atoms with Gasteiger partial charge in [-0.1, -0.05) is 25.3 Å². The lowest BCUT2D eigenvalue weighted by molar-refractivity contribution is 0.0743. The van der Waals surface area contributed by atoms with E-state index in [1.165, 1.54) is 24.8 Å². The van der Waals surface area contributed by atoms with Crippen LogP contribution in [0.15, 0.2) is 18.2 Å². The van der Waals surface area contributed by atoms with E-state index in [1.807, 2.05) is 37.1 Å². The van der Waals surface area contributed by atoms with Gasteiger partial charge in [-0.05, 0) is 37.5 Å². The quantitative estimate of drug-likeness (QED) is 0.883. The number of aryl methyl sites for hydroxylation is 1. The van der Waals surface area contributed by atoms with Gasteiger partial charge < -0.3 is 10.2 Å². The third-order valence-corrected chi connectivity index (χ3v) is 3.82. The Labute approximate surface area is 116 Å². The van der Waals surface area contributed by atoms with Crippen LogP contribution in [0, 0.1) is 6.92 Å². The topological polar surface area (TPSA) is 32.3 Å². The Morgan fingerprint density at radius 2 is 1.74 bits per heavy atom. The predicted molar refractivity (Wildman–Crippen MR) is 79.7 cm³/mol. The van der Waals surface area contributed by atoms with Crippen molar-refractivity contribution in [1.29, 1.82) is 0 Å². The molecule has 0 atom stereocenters. The zero-order valence-electron chi connectivity index (χ0n) is 12.0. The molecule has 0 spiro atoms. The minimum absolute atomic E-state index is 0.172. The van der Waals surface area contributed by atoms with E-state index in [0.717, 1.165) is 37.2 Å². The van der Waals surface area contributed by atoms with Crippen molar-refractivity contribution in [3.8, 4) is 0 Å². The maximum atomic E-state index is 12.6. The minimum Gasteiger partial charge on any atom is -0.387 e. The predicted octanol–water partition coefficient (Wildman–Crippen LogP) is 3.44. The van der Waals surface area contributed by atoms with Crippen LogP contribution in [0.4, 0.5) is 5.69 Å². The number of anilines is 1. The van der Waals surface area contributed by atoms with Crippen molar-refractivity contribution in [2.75, 3.05) is 25.5 Å². The van der Waals surface area contributed by atoms with Crippen molar-refractivity contribution in [3.05, 3.63) is 29.3 Å². The Bertz CT molecular complexity index is 434. The summed E-state index contributed by atoms with van der Waals surface area (Å²) in [6.45, 7) is 3.84. The molecule has 1 aliphatic rings. The Balaban J connectivity index is 2.17. The van der Waals surface area contributed by atoms with Crippen molar-refractivity contribution in [3.63, 3.8) is 0 Å². The first kappa shape index (κ1) is 13.9. The summed E-state index contributed by atoms with van der Waals surface area (Å²) in [6.07, 6.45) is 6.07. The van der Waals surface area contributed by atoms with Crippen molar-refractivity contribution >= 4 is 11.6 Å². The number of rotatable bonds is 2. The van der Waals surface area contributed by atoms with Crippen molar-refractivity contribution in [2.45, 2.75) is 39.0 Å². The molecule has 2 rings (SSSR count). The molecular formula is C16H24N2O. The molecule has 3 heteroatoms. The highest BCUT2D eigenvalue weighted by atomic mass is 16.2. The normalized spacial score (nSPS) is 16.6. The lowest BCUT2D eigenvalue weighted by Crippen LogP contribution is -2.34. The second-order valence-electron chi connectivity index (χ2n) is 5.36. The van der Waals surface area contributed by atoms with E-state index in [9.17, 15) is 4.79 Å². The maximum absolute atomic E-state index is 12.6. The molecule has 0 radical (unpaired) electrons. The van der Waals surface area contributed by atoms with Crippen LogP contribution in [-0.4, -0.2) is 30.9 Å². The number of hydrogen-bond donors (Lipinski definition) is 1. The summed E-state index contributed by atoms with van der Waals surface area (Å²) in [5, 5.41) is 3.14. The lowest BCUT2D eigenvalue weighted by atomic mass is 10.1. The number of hydrogen-bond acceptors (Lipinski definition) is 2. The van der Waals surface area contributed by atoms with Gasteiger partial charge in [-0.25, -0.2) is 0 Å². The number of amides is 1. The summed E-state index contributed by atoms with van der Waals surface area (Å²) in [6, 6.07) is 6.00. The first-order chi connectivity index (χ1) is 9.22. The molecule has 0 unspecified atom stereocenters. The molecule has 0 saturated carbocycles. The highest BCUT2D eigenvalue weighted by Crippen LogP contribution is 2.20. The fraction of sp³-hybridized carbons (Fsp3) is 0.562. The molecule has 0 aliphatic carbocycles. The van der Waals surface area contributed by atoms with Crippen LogP contribution < -0.4 is 5.32 Å². The fourth-order valence-electron chi connectivity index (χ4n) is 2.67. The molecule has 1 saturated heterocycles. The van der Waals surface area contributed by atoms with Crippen LogP contribution >= 0.6 is 0 Å². The Morgan fingerprint density at radius 1 is 1.11 bits per heavy atom. The second kappa shape index (κ2) is 6.60. The molecular weight excluding hydrogens is 236 g/mol. The van der Waals surface area contributed by atoms with Crippen LogP contribution in [0.25, 0.3) is 0 Å². The van der Waals surface area contributed by atoms with Crippen molar-refractivity contribution in [2.24, 2.45) is 0 Å². The number of carbonyl (C=O) groups excluding carboxylic acids is 1. The second-order valence-corrected chi connectivity index (χ2v) is 5.36. The Morgan fingerprint density at radius 3 is 2.37 bits per heavy atom. The summed E-state index contributed by atoms with van der Waals surface area (Å²) in [4.78, 5) is 14.7. The third-order valence-electron chi connectivity index (χ3n) is 3.82. The van der Waals surface area contributed by atoms with E-state index < -0.39 is 0 Å². The molecule has 3 nitrogen and oxygen atoms in total. The van der Waals surface area contributed by atoms with E-state index in [2.05, 4.69) is 5.32 Å². The molecule has 1 aliphatic heterocycles.